The highest BCUT2D eigenvalue weighted by atomic mass is 35.5. The second kappa shape index (κ2) is 6.93. The molecule has 1 saturated carbocycles. The fourth-order valence-electron chi connectivity index (χ4n) is 2.45. The first kappa shape index (κ1) is 16.3. The van der Waals surface area contributed by atoms with E-state index in [1.165, 1.54) is 24.6 Å². The summed E-state index contributed by atoms with van der Waals surface area (Å²) in [6.45, 7) is 3.92. The van der Waals surface area contributed by atoms with Gasteiger partial charge in [0, 0.05) is 11.1 Å². The van der Waals surface area contributed by atoms with Gasteiger partial charge in [0.05, 0.1) is 11.8 Å². The first-order valence-electron chi connectivity index (χ1n) is 7.63. The van der Waals surface area contributed by atoms with Crippen LogP contribution in [0.3, 0.4) is 0 Å². The Labute approximate surface area is 144 Å². The van der Waals surface area contributed by atoms with Gasteiger partial charge in [0.15, 0.2) is 5.16 Å². The molecule has 1 heterocycles. The van der Waals surface area contributed by atoms with E-state index in [0.717, 1.165) is 16.5 Å². The zero-order valence-electron chi connectivity index (χ0n) is 13.1. The fraction of sp³-hybridized carbons (Fsp3) is 0.438. The van der Waals surface area contributed by atoms with Crippen molar-refractivity contribution in [3.8, 4) is 0 Å². The maximum Gasteiger partial charge on any atom is 0.230 e. The van der Waals surface area contributed by atoms with E-state index in [0.29, 0.717) is 16.8 Å². The lowest BCUT2D eigenvalue weighted by molar-refractivity contribution is -0.119. The summed E-state index contributed by atoms with van der Waals surface area (Å²) in [7, 11) is 0. The number of hydrogen-bond acceptors (Lipinski definition) is 4. The van der Waals surface area contributed by atoms with Crippen LogP contribution in [0.2, 0.25) is 5.02 Å². The smallest absolute Gasteiger partial charge is 0.230 e. The number of halogens is 1. The van der Waals surface area contributed by atoms with Crippen LogP contribution in [0, 0.1) is 6.92 Å². The topological polar surface area (TPSA) is 59.8 Å². The zero-order valence-corrected chi connectivity index (χ0v) is 14.7. The minimum Gasteiger partial charge on any atom is -0.349 e. The molecule has 1 aromatic heterocycles. The highest BCUT2D eigenvalue weighted by Crippen LogP contribution is 2.38. The molecule has 1 aliphatic carbocycles. The van der Waals surface area contributed by atoms with Crippen LogP contribution in [0.1, 0.15) is 43.2 Å². The maximum absolute atomic E-state index is 12.2. The molecule has 0 spiro atoms. The van der Waals surface area contributed by atoms with Gasteiger partial charge in [-0.05, 0) is 44.4 Å². The molecule has 122 valence electrons. The molecule has 7 heteroatoms. The molecule has 1 aromatic carbocycles. The third-order valence-electron chi connectivity index (χ3n) is 3.83. The second-order valence-electron chi connectivity index (χ2n) is 5.76. The van der Waals surface area contributed by atoms with Crippen LogP contribution < -0.4 is 5.32 Å². The first-order chi connectivity index (χ1) is 11.0. The third-order valence-corrected chi connectivity index (χ3v) is 5.02. The molecule has 0 bridgehead atoms. The Morgan fingerprint density at radius 3 is 2.74 bits per heavy atom. The van der Waals surface area contributed by atoms with Crippen molar-refractivity contribution in [2.24, 2.45) is 0 Å². The lowest BCUT2D eigenvalue weighted by Gasteiger charge is -2.14. The van der Waals surface area contributed by atoms with Crippen molar-refractivity contribution in [1.29, 1.82) is 0 Å². The maximum atomic E-state index is 12.2. The summed E-state index contributed by atoms with van der Waals surface area (Å²) in [5.41, 5.74) is 1.03. The van der Waals surface area contributed by atoms with Crippen molar-refractivity contribution >= 4 is 29.3 Å². The predicted molar refractivity (Wildman–Crippen MR) is 91.8 cm³/mol. The summed E-state index contributed by atoms with van der Waals surface area (Å²) in [6.07, 6.45) is 2.35. The number of benzene rings is 1. The normalized spacial score (nSPS) is 15.4. The fourth-order valence-corrected chi connectivity index (χ4v) is 3.44. The van der Waals surface area contributed by atoms with Crippen LogP contribution in [0.15, 0.2) is 29.4 Å². The van der Waals surface area contributed by atoms with Gasteiger partial charge < -0.3 is 9.88 Å². The molecule has 0 aliphatic heterocycles. The van der Waals surface area contributed by atoms with E-state index in [1.54, 1.807) is 0 Å². The van der Waals surface area contributed by atoms with Gasteiger partial charge in [-0.3, -0.25) is 4.79 Å². The lowest BCUT2D eigenvalue weighted by Crippen LogP contribution is -2.28. The van der Waals surface area contributed by atoms with Crippen molar-refractivity contribution < 1.29 is 4.79 Å². The molecule has 23 heavy (non-hydrogen) atoms. The molecule has 1 fully saturated rings. The molecule has 0 unspecified atom stereocenters. The van der Waals surface area contributed by atoms with Crippen LogP contribution in [-0.2, 0) is 4.79 Å². The predicted octanol–water partition coefficient (Wildman–Crippen LogP) is 3.54. The van der Waals surface area contributed by atoms with Crippen molar-refractivity contribution in [3.05, 3.63) is 40.7 Å². The Morgan fingerprint density at radius 1 is 1.39 bits per heavy atom. The van der Waals surface area contributed by atoms with Gasteiger partial charge in [-0.15, -0.1) is 10.2 Å². The van der Waals surface area contributed by atoms with Crippen LogP contribution >= 0.6 is 23.4 Å². The first-order valence-corrected chi connectivity index (χ1v) is 9.00. The number of nitrogens with one attached hydrogen (secondary N) is 1. The number of rotatable bonds is 6. The number of thioether (sulfide) groups is 1. The van der Waals surface area contributed by atoms with Gasteiger partial charge in [-0.25, -0.2) is 0 Å². The number of nitrogens with zero attached hydrogens (tertiary/aromatic N) is 3. The van der Waals surface area contributed by atoms with E-state index in [4.69, 9.17) is 11.6 Å². The Kier molecular flexibility index (Phi) is 4.92. The number of amides is 1. The summed E-state index contributed by atoms with van der Waals surface area (Å²) in [4.78, 5) is 12.2. The second-order valence-corrected chi connectivity index (χ2v) is 7.14. The van der Waals surface area contributed by atoms with Crippen molar-refractivity contribution in [3.63, 3.8) is 0 Å². The molecule has 1 aliphatic rings. The third kappa shape index (κ3) is 4.06. The van der Waals surface area contributed by atoms with Crippen LogP contribution in [0.5, 0.6) is 0 Å². The Hall–Kier alpha value is -1.53. The van der Waals surface area contributed by atoms with Gasteiger partial charge in [0.2, 0.25) is 5.91 Å². The van der Waals surface area contributed by atoms with Crippen LogP contribution in [-0.4, -0.2) is 26.4 Å². The summed E-state index contributed by atoms with van der Waals surface area (Å²) in [5.74, 6) is 1.24. The Morgan fingerprint density at radius 2 is 2.09 bits per heavy atom. The molecular formula is C16H19ClN4OS. The average molecular weight is 351 g/mol. The minimum atomic E-state index is -0.0524. The van der Waals surface area contributed by atoms with E-state index in [1.807, 2.05) is 38.1 Å². The minimum absolute atomic E-state index is 0.0135. The van der Waals surface area contributed by atoms with Crippen molar-refractivity contribution in [2.75, 3.05) is 5.75 Å². The molecule has 0 saturated heterocycles. The van der Waals surface area contributed by atoms with Crippen LogP contribution in [0.25, 0.3) is 0 Å². The number of aryl methyl sites for hydroxylation is 1. The number of carbonyl (C=O) groups is 1. The quantitative estimate of drug-likeness (QED) is 0.809. The van der Waals surface area contributed by atoms with Gasteiger partial charge in [0.25, 0.3) is 0 Å². The van der Waals surface area contributed by atoms with Crippen molar-refractivity contribution in [1.82, 2.24) is 20.1 Å². The Balaban J connectivity index is 1.54. The van der Waals surface area contributed by atoms with Gasteiger partial charge in [-0.2, -0.15) is 0 Å². The number of carbonyl (C=O) groups excluding carboxylic acids is 1. The average Bonchev–Trinajstić information content (AvgIpc) is 3.29. The molecule has 0 radical (unpaired) electrons. The molecule has 3 rings (SSSR count). The molecule has 1 atom stereocenters. The van der Waals surface area contributed by atoms with Gasteiger partial charge in [-0.1, -0.05) is 35.5 Å². The van der Waals surface area contributed by atoms with Gasteiger partial charge >= 0.3 is 0 Å². The van der Waals surface area contributed by atoms with E-state index >= 15 is 0 Å². The Bertz CT molecular complexity index is 697. The molecule has 1 amide bonds. The molecule has 2 aromatic rings. The standard InChI is InChI=1S/C16H19ClN4OS/c1-10(12-3-5-13(17)6-4-12)18-15(22)9-23-16-20-19-11(2)21(16)14-7-8-14/h3-6,10,14H,7-9H2,1-2H3,(H,18,22)/t10-/m1/s1. The summed E-state index contributed by atoms with van der Waals surface area (Å²) < 4.78 is 2.14. The van der Waals surface area contributed by atoms with E-state index in [-0.39, 0.29) is 11.9 Å². The van der Waals surface area contributed by atoms with E-state index < -0.39 is 0 Å². The van der Waals surface area contributed by atoms with E-state index in [9.17, 15) is 4.79 Å². The van der Waals surface area contributed by atoms with Crippen LogP contribution in [0.4, 0.5) is 0 Å². The molecule has 5 nitrogen and oxygen atoms in total. The van der Waals surface area contributed by atoms with E-state index in [2.05, 4.69) is 20.1 Å². The monoisotopic (exact) mass is 350 g/mol. The summed E-state index contributed by atoms with van der Waals surface area (Å²) >= 11 is 7.32. The lowest BCUT2D eigenvalue weighted by atomic mass is 10.1. The number of hydrogen-bond donors (Lipinski definition) is 1. The molecule has 1 N–H and O–H groups in total. The zero-order chi connectivity index (χ0) is 16.4. The van der Waals surface area contributed by atoms with Gasteiger partial charge in [0.1, 0.15) is 5.82 Å². The summed E-state index contributed by atoms with van der Waals surface area (Å²) in [6, 6.07) is 7.97. The van der Waals surface area contributed by atoms with Crippen molar-refractivity contribution in [2.45, 2.75) is 43.9 Å². The highest BCUT2D eigenvalue weighted by Gasteiger charge is 2.28. The SMILES string of the molecule is Cc1nnc(SCC(=O)N[C@H](C)c2ccc(Cl)cc2)n1C1CC1. The number of aromatic nitrogens is 3. The highest BCUT2D eigenvalue weighted by molar-refractivity contribution is 7.99. The molecular weight excluding hydrogens is 332 g/mol. The largest absolute Gasteiger partial charge is 0.349 e. The summed E-state index contributed by atoms with van der Waals surface area (Å²) in [5, 5.41) is 12.8.